The molecule has 0 atom stereocenters. The smallest absolute Gasteiger partial charge is 0.266 e. The lowest BCUT2D eigenvalue weighted by atomic mass is 10.1. The van der Waals surface area contributed by atoms with Crippen molar-refractivity contribution in [1.29, 1.82) is 0 Å². The average molecular weight is 493 g/mol. The van der Waals surface area contributed by atoms with E-state index < -0.39 is 10.0 Å². The molecule has 4 aromatic rings. The third kappa shape index (κ3) is 4.05. The molecule has 0 bridgehead atoms. The zero-order chi connectivity index (χ0) is 24.0. The summed E-state index contributed by atoms with van der Waals surface area (Å²) in [5.41, 5.74) is 2.69. The Morgan fingerprint density at radius 2 is 1.79 bits per heavy atom. The van der Waals surface area contributed by atoms with Crippen LogP contribution in [0.3, 0.4) is 0 Å². The summed E-state index contributed by atoms with van der Waals surface area (Å²) in [5, 5.41) is 3.78. The maximum absolute atomic E-state index is 13.2. The molecular weight excluding hydrogens is 468 g/mol. The molecule has 34 heavy (non-hydrogen) atoms. The van der Waals surface area contributed by atoms with Crippen LogP contribution in [0.5, 0.6) is 0 Å². The van der Waals surface area contributed by atoms with Gasteiger partial charge < -0.3 is 5.32 Å². The van der Waals surface area contributed by atoms with Gasteiger partial charge in [-0.2, -0.15) is 0 Å². The van der Waals surface area contributed by atoms with E-state index in [2.05, 4.69) is 10.3 Å². The topological polar surface area (TPSA) is 92.3 Å². The Kier molecular flexibility index (Phi) is 5.61. The Morgan fingerprint density at radius 1 is 1.06 bits per heavy atom. The first-order valence-corrected chi connectivity index (χ1v) is 13.2. The van der Waals surface area contributed by atoms with E-state index in [-0.39, 0.29) is 10.8 Å². The number of anilines is 2. The number of benzene rings is 2. The van der Waals surface area contributed by atoms with Crippen molar-refractivity contribution in [2.75, 3.05) is 16.7 Å². The summed E-state index contributed by atoms with van der Waals surface area (Å²) in [6, 6.07) is 15.2. The van der Waals surface area contributed by atoms with Crippen molar-refractivity contribution in [2.24, 2.45) is 0 Å². The lowest BCUT2D eigenvalue weighted by Crippen LogP contribution is -2.26. The molecule has 0 unspecified atom stereocenters. The molecule has 0 radical (unpaired) electrons. The minimum Gasteiger partial charge on any atom is -0.321 e. The standard InChI is InChI=1S/C25H24N4O3S2/c1-15-21-16(2)26-23(17-12-13-17)28-25(21)33-22(15)24(30)27-18-8-7-11-20(14-18)34(31,32)29(3)19-9-5-4-6-10-19/h4-11,14,17H,12-13H2,1-3H3,(H,27,30). The number of fused-ring (bicyclic) bond motifs is 1. The van der Waals surface area contributed by atoms with Gasteiger partial charge in [-0.05, 0) is 62.6 Å². The van der Waals surface area contributed by atoms with Crippen LogP contribution in [0.15, 0.2) is 59.5 Å². The lowest BCUT2D eigenvalue weighted by Gasteiger charge is -2.19. The van der Waals surface area contributed by atoms with Crippen molar-refractivity contribution in [3.63, 3.8) is 0 Å². The average Bonchev–Trinajstić information content (AvgIpc) is 3.62. The Balaban J connectivity index is 1.43. The Morgan fingerprint density at radius 3 is 2.50 bits per heavy atom. The molecule has 1 fully saturated rings. The quantitative estimate of drug-likeness (QED) is 0.396. The van der Waals surface area contributed by atoms with E-state index in [1.165, 1.54) is 34.8 Å². The molecule has 2 aromatic heterocycles. The number of rotatable bonds is 6. The van der Waals surface area contributed by atoms with Crippen LogP contribution in [0, 0.1) is 13.8 Å². The van der Waals surface area contributed by atoms with Gasteiger partial charge in [-0.1, -0.05) is 24.3 Å². The third-order valence-corrected chi connectivity index (χ3v) is 8.97. The normalized spacial score (nSPS) is 13.7. The van der Waals surface area contributed by atoms with Gasteiger partial charge in [0.2, 0.25) is 0 Å². The van der Waals surface area contributed by atoms with Crippen molar-refractivity contribution in [2.45, 2.75) is 37.5 Å². The van der Waals surface area contributed by atoms with E-state index in [0.717, 1.165) is 40.1 Å². The molecular formula is C25H24N4O3S2. The molecule has 1 N–H and O–H groups in total. The maximum atomic E-state index is 13.2. The first-order valence-electron chi connectivity index (χ1n) is 11.0. The van der Waals surface area contributed by atoms with Crippen molar-refractivity contribution in [1.82, 2.24) is 9.97 Å². The molecule has 2 heterocycles. The molecule has 1 amide bonds. The van der Waals surface area contributed by atoms with Gasteiger partial charge in [0.05, 0.1) is 21.2 Å². The number of thiophene rings is 1. The molecule has 5 rings (SSSR count). The maximum Gasteiger partial charge on any atom is 0.266 e. The zero-order valence-electron chi connectivity index (χ0n) is 19.1. The number of sulfonamides is 1. The number of hydrogen-bond donors (Lipinski definition) is 1. The molecule has 0 spiro atoms. The van der Waals surface area contributed by atoms with Crippen LogP contribution in [0.25, 0.3) is 10.2 Å². The lowest BCUT2D eigenvalue weighted by molar-refractivity contribution is 0.103. The van der Waals surface area contributed by atoms with E-state index in [0.29, 0.717) is 22.2 Å². The highest BCUT2D eigenvalue weighted by atomic mass is 32.2. The van der Waals surface area contributed by atoms with Gasteiger partial charge in [0, 0.05) is 24.0 Å². The summed E-state index contributed by atoms with van der Waals surface area (Å²) in [4.78, 5) is 24.0. The largest absolute Gasteiger partial charge is 0.321 e. The van der Waals surface area contributed by atoms with E-state index in [9.17, 15) is 13.2 Å². The second-order valence-electron chi connectivity index (χ2n) is 8.47. The number of nitrogens with zero attached hydrogens (tertiary/aromatic N) is 3. The molecule has 2 aromatic carbocycles. The minimum absolute atomic E-state index is 0.0977. The van der Waals surface area contributed by atoms with Gasteiger partial charge in [-0.15, -0.1) is 11.3 Å². The number of aryl methyl sites for hydroxylation is 2. The predicted molar refractivity (Wildman–Crippen MR) is 135 cm³/mol. The zero-order valence-corrected chi connectivity index (χ0v) is 20.7. The van der Waals surface area contributed by atoms with Gasteiger partial charge in [0.1, 0.15) is 10.7 Å². The molecule has 1 saturated carbocycles. The third-order valence-electron chi connectivity index (χ3n) is 6.01. The van der Waals surface area contributed by atoms with Gasteiger partial charge in [0.15, 0.2) is 0 Å². The second-order valence-corrected chi connectivity index (χ2v) is 11.4. The summed E-state index contributed by atoms with van der Waals surface area (Å²) >= 11 is 1.35. The van der Waals surface area contributed by atoms with Crippen molar-refractivity contribution in [3.05, 3.63) is 76.6 Å². The number of hydrogen-bond acceptors (Lipinski definition) is 6. The van der Waals surface area contributed by atoms with Gasteiger partial charge >= 0.3 is 0 Å². The highest BCUT2D eigenvalue weighted by Gasteiger charge is 2.29. The second kappa shape index (κ2) is 8.48. The molecule has 1 aliphatic rings. The number of carbonyl (C=O) groups excluding carboxylic acids is 1. The van der Waals surface area contributed by atoms with E-state index >= 15 is 0 Å². The molecule has 7 nitrogen and oxygen atoms in total. The molecule has 9 heteroatoms. The molecule has 0 aliphatic heterocycles. The van der Waals surface area contributed by atoms with Gasteiger partial charge in [0.25, 0.3) is 15.9 Å². The number of nitrogens with one attached hydrogen (secondary N) is 1. The molecule has 174 valence electrons. The first-order chi connectivity index (χ1) is 16.3. The van der Waals surface area contributed by atoms with Crippen molar-refractivity contribution >= 4 is 48.9 Å². The number of carbonyl (C=O) groups is 1. The fraction of sp³-hybridized carbons (Fsp3) is 0.240. The molecule has 0 saturated heterocycles. The molecule has 1 aliphatic carbocycles. The van der Waals surface area contributed by atoms with E-state index in [4.69, 9.17) is 4.98 Å². The van der Waals surface area contributed by atoms with Crippen molar-refractivity contribution in [3.8, 4) is 0 Å². The highest BCUT2D eigenvalue weighted by Crippen LogP contribution is 2.40. The van der Waals surface area contributed by atoms with Crippen molar-refractivity contribution < 1.29 is 13.2 Å². The minimum atomic E-state index is -3.79. The summed E-state index contributed by atoms with van der Waals surface area (Å²) in [5.74, 6) is 0.999. The van der Waals surface area contributed by atoms with Crippen LogP contribution >= 0.6 is 11.3 Å². The van der Waals surface area contributed by atoms with Crippen LogP contribution in [-0.4, -0.2) is 31.3 Å². The fourth-order valence-electron chi connectivity index (χ4n) is 3.96. The Labute approximate surface area is 202 Å². The monoisotopic (exact) mass is 492 g/mol. The first kappa shape index (κ1) is 22.5. The summed E-state index contributed by atoms with van der Waals surface area (Å²) in [6.45, 7) is 3.85. The Bertz CT molecular complexity index is 1510. The van der Waals surface area contributed by atoms with E-state index in [1.54, 1.807) is 36.4 Å². The number of aromatic nitrogens is 2. The summed E-state index contributed by atoms with van der Waals surface area (Å²) in [7, 11) is -2.28. The fourth-order valence-corrected chi connectivity index (χ4v) is 6.33. The number of para-hydroxylation sites is 1. The van der Waals surface area contributed by atoms with Crippen LogP contribution < -0.4 is 9.62 Å². The highest BCUT2D eigenvalue weighted by molar-refractivity contribution is 7.92. The summed E-state index contributed by atoms with van der Waals surface area (Å²) < 4.78 is 27.5. The summed E-state index contributed by atoms with van der Waals surface area (Å²) in [6.07, 6.45) is 2.22. The predicted octanol–water partition coefficient (Wildman–Crippen LogP) is 5.26. The van der Waals surface area contributed by atoms with Crippen LogP contribution in [0.4, 0.5) is 11.4 Å². The van der Waals surface area contributed by atoms with Crippen LogP contribution in [0.2, 0.25) is 0 Å². The van der Waals surface area contributed by atoms with Gasteiger partial charge in [-0.25, -0.2) is 18.4 Å². The number of amides is 1. The SMILES string of the molecule is Cc1nc(C2CC2)nc2sc(C(=O)Nc3cccc(S(=O)(=O)N(C)c4ccccc4)c3)c(C)c12. The van der Waals surface area contributed by atoms with E-state index in [1.807, 2.05) is 19.9 Å². The van der Waals surface area contributed by atoms with Gasteiger partial charge in [-0.3, -0.25) is 9.10 Å². The van der Waals surface area contributed by atoms with Crippen LogP contribution in [-0.2, 0) is 10.0 Å². The van der Waals surface area contributed by atoms with Crippen LogP contribution in [0.1, 0.15) is 45.5 Å². The Hall–Kier alpha value is -3.30.